The molecule has 0 bridgehead atoms. The van der Waals surface area contributed by atoms with Gasteiger partial charge in [-0.3, -0.25) is 0 Å². The molecule has 1 aromatic rings. The summed E-state index contributed by atoms with van der Waals surface area (Å²) in [6, 6.07) is 7.91. The Kier molecular flexibility index (Phi) is 4.06. The lowest BCUT2D eigenvalue weighted by atomic mass is 9.92. The molecule has 0 aliphatic carbocycles. The van der Waals surface area contributed by atoms with Gasteiger partial charge < -0.3 is 15.1 Å². The third kappa shape index (κ3) is 3.22. The van der Waals surface area contributed by atoms with Gasteiger partial charge in [0.05, 0.1) is 12.1 Å². The highest BCUT2D eigenvalue weighted by Gasteiger charge is 2.42. The van der Waals surface area contributed by atoms with Crippen molar-refractivity contribution in [3.8, 4) is 0 Å². The van der Waals surface area contributed by atoms with Crippen molar-refractivity contribution in [1.29, 1.82) is 0 Å². The quantitative estimate of drug-likeness (QED) is 0.836. The summed E-state index contributed by atoms with van der Waals surface area (Å²) < 4.78 is 0. The lowest BCUT2D eigenvalue weighted by Crippen LogP contribution is -2.38. The number of aliphatic hydroxyl groups is 1. The van der Waals surface area contributed by atoms with E-state index in [4.69, 9.17) is 5.11 Å². The number of amides is 1. The average Bonchev–Trinajstić information content (AvgIpc) is 2.66. The molecule has 1 aromatic carbocycles. The van der Waals surface area contributed by atoms with Crippen LogP contribution in [-0.4, -0.2) is 45.6 Å². The van der Waals surface area contributed by atoms with Crippen molar-refractivity contribution in [1.82, 2.24) is 4.90 Å². The molecule has 0 radical (unpaired) electrons. The minimum Gasteiger partial charge on any atom is -0.465 e. The number of hydrogen-bond donors (Lipinski definition) is 2. The summed E-state index contributed by atoms with van der Waals surface area (Å²) in [6.07, 6.45) is 2.05. The number of benzene rings is 1. The predicted octanol–water partition coefficient (Wildman–Crippen LogP) is 2.45. The lowest BCUT2D eigenvalue weighted by Gasteiger charge is -2.22. The van der Waals surface area contributed by atoms with Crippen LogP contribution in [0.25, 0.3) is 0 Å². The smallest absolute Gasteiger partial charge is 0.407 e. The van der Waals surface area contributed by atoms with Crippen LogP contribution in [0.1, 0.15) is 18.9 Å². The van der Waals surface area contributed by atoms with Gasteiger partial charge in [0.15, 0.2) is 0 Å². The van der Waals surface area contributed by atoms with E-state index in [1.165, 1.54) is 9.80 Å². The van der Waals surface area contributed by atoms with E-state index < -0.39 is 11.7 Å². The maximum absolute atomic E-state index is 11.0. The number of carbonyl (C=O) groups is 1. The van der Waals surface area contributed by atoms with Crippen molar-refractivity contribution >= 4 is 17.9 Å². The van der Waals surface area contributed by atoms with Crippen LogP contribution in [0.4, 0.5) is 4.79 Å². The summed E-state index contributed by atoms with van der Waals surface area (Å²) in [4.78, 5) is 13.5. The minimum atomic E-state index is -0.957. The Labute approximate surface area is 117 Å². The monoisotopic (exact) mass is 281 g/mol. The summed E-state index contributed by atoms with van der Waals surface area (Å²) in [6.45, 7) is 2.02. The third-order valence-electron chi connectivity index (χ3n) is 3.61. The summed E-state index contributed by atoms with van der Waals surface area (Å²) in [5, 5.41) is 19.6. The van der Waals surface area contributed by atoms with E-state index in [0.717, 1.165) is 5.56 Å². The molecule has 0 saturated carbocycles. The van der Waals surface area contributed by atoms with Gasteiger partial charge in [-0.2, -0.15) is 0 Å². The second-order valence-electron chi connectivity index (χ2n) is 5.21. The second-order valence-corrected chi connectivity index (χ2v) is 6.09. The van der Waals surface area contributed by atoms with E-state index >= 15 is 0 Å². The Morgan fingerprint density at radius 2 is 2.11 bits per heavy atom. The molecule has 2 rings (SSSR count). The first-order valence-electron chi connectivity index (χ1n) is 6.28. The molecule has 1 aliphatic heterocycles. The topological polar surface area (TPSA) is 60.8 Å². The Morgan fingerprint density at radius 3 is 2.58 bits per heavy atom. The summed E-state index contributed by atoms with van der Waals surface area (Å²) >= 11 is 1.68. The number of carboxylic acid groups (broad SMARTS) is 1. The molecule has 0 aromatic heterocycles. The molecule has 1 heterocycles. The fraction of sp³-hybridized carbons (Fsp3) is 0.500. The van der Waals surface area contributed by atoms with Crippen molar-refractivity contribution in [3.05, 3.63) is 29.8 Å². The van der Waals surface area contributed by atoms with Crippen LogP contribution in [-0.2, 0) is 6.42 Å². The highest BCUT2D eigenvalue weighted by molar-refractivity contribution is 7.98. The van der Waals surface area contributed by atoms with Gasteiger partial charge in [-0.05, 0) is 37.3 Å². The van der Waals surface area contributed by atoms with Crippen LogP contribution in [0.5, 0.6) is 0 Å². The highest BCUT2D eigenvalue weighted by Crippen LogP contribution is 2.30. The number of likely N-dealkylation sites (tertiary alicyclic amines) is 1. The maximum Gasteiger partial charge on any atom is 0.407 e. The molecular formula is C14H19NO3S. The van der Waals surface area contributed by atoms with Crippen molar-refractivity contribution in [2.24, 2.45) is 0 Å². The molecule has 2 atom stereocenters. The van der Waals surface area contributed by atoms with Crippen LogP contribution >= 0.6 is 11.8 Å². The average molecular weight is 281 g/mol. The Morgan fingerprint density at radius 1 is 1.47 bits per heavy atom. The van der Waals surface area contributed by atoms with Crippen LogP contribution in [0, 0.1) is 0 Å². The standard InChI is InChI=1S/C14H19NO3S/c1-10-7-14(18,9-15(10)13(16)17)8-11-3-5-12(19-2)6-4-11/h3-6,10,18H,7-9H2,1-2H3,(H,16,17)/t10-,14?/m1/s1. The van der Waals surface area contributed by atoms with Gasteiger partial charge in [0, 0.05) is 17.4 Å². The normalized spacial score (nSPS) is 26.7. The van der Waals surface area contributed by atoms with E-state index in [9.17, 15) is 9.90 Å². The second kappa shape index (κ2) is 5.43. The van der Waals surface area contributed by atoms with Crippen molar-refractivity contribution < 1.29 is 15.0 Å². The SMILES string of the molecule is CSc1ccc(CC2(O)C[C@@H](C)N(C(=O)O)C2)cc1. The third-order valence-corrected chi connectivity index (χ3v) is 4.35. The van der Waals surface area contributed by atoms with Gasteiger partial charge in [-0.25, -0.2) is 4.79 Å². The Bertz CT molecular complexity index is 462. The molecule has 1 amide bonds. The zero-order valence-corrected chi connectivity index (χ0v) is 12.0. The fourth-order valence-corrected chi connectivity index (χ4v) is 3.11. The summed E-state index contributed by atoms with van der Waals surface area (Å²) in [5.74, 6) is 0. The molecule has 2 N–H and O–H groups in total. The van der Waals surface area contributed by atoms with Gasteiger partial charge in [0.1, 0.15) is 0 Å². The zero-order chi connectivity index (χ0) is 14.0. The predicted molar refractivity (Wildman–Crippen MR) is 75.7 cm³/mol. The molecule has 1 fully saturated rings. The van der Waals surface area contributed by atoms with E-state index in [2.05, 4.69) is 0 Å². The van der Waals surface area contributed by atoms with Crippen LogP contribution < -0.4 is 0 Å². The van der Waals surface area contributed by atoms with Gasteiger partial charge in [-0.15, -0.1) is 11.8 Å². The molecule has 1 unspecified atom stereocenters. The van der Waals surface area contributed by atoms with Gasteiger partial charge >= 0.3 is 6.09 Å². The van der Waals surface area contributed by atoms with Crippen molar-refractivity contribution in [3.63, 3.8) is 0 Å². The molecular weight excluding hydrogens is 262 g/mol. The molecule has 5 heteroatoms. The molecule has 19 heavy (non-hydrogen) atoms. The van der Waals surface area contributed by atoms with Gasteiger partial charge in [0.25, 0.3) is 0 Å². The number of hydrogen-bond acceptors (Lipinski definition) is 3. The summed E-state index contributed by atoms with van der Waals surface area (Å²) in [5.41, 5.74) is 0.0957. The van der Waals surface area contributed by atoms with Gasteiger partial charge in [-0.1, -0.05) is 12.1 Å². The van der Waals surface area contributed by atoms with E-state index in [-0.39, 0.29) is 12.6 Å². The molecule has 1 saturated heterocycles. The Hall–Kier alpha value is -1.20. The van der Waals surface area contributed by atoms with E-state index in [1.54, 1.807) is 11.8 Å². The number of rotatable bonds is 3. The first-order chi connectivity index (χ1) is 8.93. The largest absolute Gasteiger partial charge is 0.465 e. The highest BCUT2D eigenvalue weighted by atomic mass is 32.2. The first-order valence-corrected chi connectivity index (χ1v) is 7.51. The maximum atomic E-state index is 11.0. The van der Waals surface area contributed by atoms with E-state index in [0.29, 0.717) is 12.8 Å². The number of β-amino-alcohol motifs (C(OH)–C–C–N with tert-alkyl or cyclic N) is 1. The Balaban J connectivity index is 2.07. The van der Waals surface area contributed by atoms with Gasteiger partial charge in [0.2, 0.25) is 0 Å². The van der Waals surface area contributed by atoms with Crippen LogP contribution in [0.2, 0.25) is 0 Å². The zero-order valence-electron chi connectivity index (χ0n) is 11.2. The molecule has 1 aliphatic rings. The molecule has 104 valence electrons. The number of nitrogens with zero attached hydrogens (tertiary/aromatic N) is 1. The molecule has 4 nitrogen and oxygen atoms in total. The summed E-state index contributed by atoms with van der Waals surface area (Å²) in [7, 11) is 0. The van der Waals surface area contributed by atoms with E-state index in [1.807, 2.05) is 37.4 Å². The molecule has 0 spiro atoms. The van der Waals surface area contributed by atoms with Crippen LogP contribution in [0.15, 0.2) is 29.2 Å². The van der Waals surface area contributed by atoms with Crippen LogP contribution in [0.3, 0.4) is 0 Å². The fourth-order valence-electron chi connectivity index (χ4n) is 2.71. The minimum absolute atomic E-state index is 0.132. The number of thioether (sulfide) groups is 1. The van der Waals surface area contributed by atoms with Crippen molar-refractivity contribution in [2.75, 3.05) is 12.8 Å². The first kappa shape index (κ1) is 14.2. The van der Waals surface area contributed by atoms with Crippen molar-refractivity contribution in [2.45, 2.75) is 36.3 Å². The lowest BCUT2D eigenvalue weighted by molar-refractivity contribution is 0.0491.